The van der Waals surface area contributed by atoms with E-state index in [1.165, 1.54) is 0 Å². The van der Waals surface area contributed by atoms with Gasteiger partial charge in [-0.05, 0) is 18.6 Å². The Morgan fingerprint density at radius 1 is 1.41 bits per heavy atom. The third-order valence-electron chi connectivity index (χ3n) is 3.87. The van der Waals surface area contributed by atoms with Crippen LogP contribution >= 0.6 is 0 Å². The summed E-state index contributed by atoms with van der Waals surface area (Å²) in [5.41, 5.74) is 1.54. The van der Waals surface area contributed by atoms with E-state index in [1.807, 2.05) is 11.8 Å². The molecule has 0 aromatic carbocycles. The molecule has 3 nitrogen and oxygen atoms in total. The summed E-state index contributed by atoms with van der Waals surface area (Å²) in [6.45, 7) is 2.56. The van der Waals surface area contributed by atoms with Gasteiger partial charge in [-0.1, -0.05) is 6.07 Å². The summed E-state index contributed by atoms with van der Waals surface area (Å²) in [5, 5.41) is 9.04. The highest BCUT2D eigenvalue weighted by atomic mass is 19.3. The number of alkyl halides is 2. The first-order valence-electron chi connectivity index (χ1n) is 5.74. The molecule has 2 aliphatic rings. The van der Waals surface area contributed by atoms with Gasteiger partial charge in [0.05, 0.1) is 18.4 Å². The predicted octanol–water partition coefficient (Wildman–Crippen LogP) is 1.58. The van der Waals surface area contributed by atoms with Crippen LogP contribution in [0.4, 0.5) is 14.6 Å². The second-order valence-electron chi connectivity index (χ2n) is 4.86. The first-order valence-corrected chi connectivity index (χ1v) is 5.74. The summed E-state index contributed by atoms with van der Waals surface area (Å²) in [4.78, 5) is 6.25. The van der Waals surface area contributed by atoms with E-state index in [2.05, 4.69) is 4.98 Å². The lowest BCUT2D eigenvalue weighted by Gasteiger charge is -2.21. The predicted molar refractivity (Wildman–Crippen MR) is 59.0 cm³/mol. The van der Waals surface area contributed by atoms with Crippen LogP contribution in [-0.2, 0) is 6.61 Å². The lowest BCUT2D eigenvalue weighted by atomic mass is 10.2. The van der Waals surface area contributed by atoms with Crippen LogP contribution in [0.25, 0.3) is 0 Å². The van der Waals surface area contributed by atoms with Crippen LogP contribution in [0.3, 0.4) is 0 Å². The van der Waals surface area contributed by atoms with Gasteiger partial charge in [-0.2, -0.15) is 0 Å². The standard InChI is InChI=1S/C12H14F2N2O/c1-7-8(6-17)2-3-11(15-7)16-4-9-10(5-16)12(9,13)14/h2-3,9-10,17H,4-6H2,1H3. The van der Waals surface area contributed by atoms with E-state index in [4.69, 9.17) is 5.11 Å². The molecule has 0 bridgehead atoms. The largest absolute Gasteiger partial charge is 0.392 e. The molecule has 2 atom stereocenters. The molecule has 1 saturated carbocycles. The number of pyridine rings is 1. The van der Waals surface area contributed by atoms with Crippen molar-refractivity contribution in [1.29, 1.82) is 0 Å². The van der Waals surface area contributed by atoms with Gasteiger partial charge >= 0.3 is 0 Å². The van der Waals surface area contributed by atoms with Gasteiger partial charge in [0.2, 0.25) is 0 Å². The minimum Gasteiger partial charge on any atom is -0.392 e. The normalized spacial score (nSPS) is 29.3. The molecule has 17 heavy (non-hydrogen) atoms. The Morgan fingerprint density at radius 2 is 2.06 bits per heavy atom. The van der Waals surface area contributed by atoms with E-state index in [0.29, 0.717) is 13.1 Å². The lowest BCUT2D eigenvalue weighted by molar-refractivity contribution is 0.0797. The van der Waals surface area contributed by atoms with Crippen molar-refractivity contribution in [3.05, 3.63) is 23.4 Å². The molecule has 1 N–H and O–H groups in total. The molecular weight excluding hydrogens is 226 g/mol. The van der Waals surface area contributed by atoms with Gasteiger partial charge in [-0.25, -0.2) is 13.8 Å². The fourth-order valence-electron chi connectivity index (χ4n) is 2.61. The maximum Gasteiger partial charge on any atom is 0.258 e. The highest BCUT2D eigenvalue weighted by Gasteiger charge is 2.71. The van der Waals surface area contributed by atoms with E-state index in [1.54, 1.807) is 12.1 Å². The zero-order valence-corrected chi connectivity index (χ0v) is 9.53. The fourth-order valence-corrected chi connectivity index (χ4v) is 2.61. The molecular formula is C12H14F2N2O. The third kappa shape index (κ3) is 1.52. The maximum atomic E-state index is 13.0. The summed E-state index contributed by atoms with van der Waals surface area (Å²) in [6, 6.07) is 3.60. The number of aliphatic hydroxyl groups excluding tert-OH is 1. The Bertz CT molecular complexity index is 450. The molecule has 1 saturated heterocycles. The topological polar surface area (TPSA) is 36.4 Å². The van der Waals surface area contributed by atoms with E-state index in [0.717, 1.165) is 17.1 Å². The van der Waals surface area contributed by atoms with Crippen LogP contribution in [0.5, 0.6) is 0 Å². The Hall–Kier alpha value is -1.23. The van der Waals surface area contributed by atoms with Crippen molar-refractivity contribution in [1.82, 2.24) is 4.98 Å². The van der Waals surface area contributed by atoms with Crippen LogP contribution in [-0.4, -0.2) is 29.1 Å². The van der Waals surface area contributed by atoms with E-state index < -0.39 is 17.8 Å². The highest BCUT2D eigenvalue weighted by Crippen LogP contribution is 2.59. The smallest absolute Gasteiger partial charge is 0.258 e. The first kappa shape index (κ1) is 10.9. The molecule has 1 aromatic heterocycles. The quantitative estimate of drug-likeness (QED) is 0.852. The zero-order valence-electron chi connectivity index (χ0n) is 9.53. The Morgan fingerprint density at radius 3 is 2.59 bits per heavy atom. The second kappa shape index (κ2) is 3.38. The van der Waals surface area contributed by atoms with Gasteiger partial charge in [0, 0.05) is 18.8 Å². The number of anilines is 1. The van der Waals surface area contributed by atoms with E-state index >= 15 is 0 Å². The van der Waals surface area contributed by atoms with Gasteiger partial charge in [-0.3, -0.25) is 0 Å². The molecule has 1 aliphatic heterocycles. The maximum absolute atomic E-state index is 13.0. The number of fused-ring (bicyclic) bond motifs is 1. The SMILES string of the molecule is Cc1nc(N2CC3C(C2)C3(F)F)ccc1CO. The fraction of sp³-hybridized carbons (Fsp3) is 0.583. The molecule has 0 spiro atoms. The highest BCUT2D eigenvalue weighted by molar-refractivity contribution is 5.45. The second-order valence-corrected chi connectivity index (χ2v) is 4.86. The number of nitrogens with zero attached hydrogens (tertiary/aromatic N) is 2. The Kier molecular flexibility index (Phi) is 2.17. The van der Waals surface area contributed by atoms with Crippen molar-refractivity contribution in [3.8, 4) is 0 Å². The molecule has 3 rings (SSSR count). The Balaban J connectivity index is 1.77. The molecule has 1 aromatic rings. The van der Waals surface area contributed by atoms with Gasteiger partial charge in [0.1, 0.15) is 5.82 Å². The molecule has 0 amide bonds. The lowest BCUT2D eigenvalue weighted by Crippen LogP contribution is -2.28. The third-order valence-corrected chi connectivity index (χ3v) is 3.87. The summed E-state index contributed by atoms with van der Waals surface area (Å²) < 4.78 is 26.1. The van der Waals surface area contributed by atoms with Crippen LogP contribution in [0.1, 0.15) is 11.3 Å². The monoisotopic (exact) mass is 240 g/mol. The van der Waals surface area contributed by atoms with Crippen LogP contribution in [0, 0.1) is 18.8 Å². The van der Waals surface area contributed by atoms with Crippen molar-refractivity contribution in [2.75, 3.05) is 18.0 Å². The minimum absolute atomic E-state index is 0.0393. The average molecular weight is 240 g/mol. The number of piperidine rings is 1. The minimum atomic E-state index is -2.45. The van der Waals surface area contributed by atoms with Crippen LogP contribution in [0.2, 0.25) is 0 Å². The van der Waals surface area contributed by atoms with Gasteiger partial charge < -0.3 is 10.0 Å². The number of rotatable bonds is 2. The number of hydrogen-bond donors (Lipinski definition) is 1. The molecule has 2 heterocycles. The van der Waals surface area contributed by atoms with Crippen molar-refractivity contribution in [3.63, 3.8) is 0 Å². The number of aryl methyl sites for hydroxylation is 1. The van der Waals surface area contributed by atoms with Gasteiger partial charge in [-0.15, -0.1) is 0 Å². The van der Waals surface area contributed by atoms with Crippen LogP contribution < -0.4 is 4.90 Å². The molecule has 2 fully saturated rings. The number of hydrogen-bond acceptors (Lipinski definition) is 3. The van der Waals surface area contributed by atoms with Crippen LogP contribution in [0.15, 0.2) is 12.1 Å². The van der Waals surface area contributed by atoms with E-state index in [-0.39, 0.29) is 6.61 Å². The summed E-state index contributed by atoms with van der Waals surface area (Å²) in [5.74, 6) is -2.68. The summed E-state index contributed by atoms with van der Waals surface area (Å²) in [7, 11) is 0. The molecule has 92 valence electrons. The molecule has 1 aliphatic carbocycles. The number of aromatic nitrogens is 1. The van der Waals surface area contributed by atoms with Gasteiger partial charge in [0.25, 0.3) is 5.92 Å². The first-order chi connectivity index (χ1) is 8.04. The molecule has 5 heteroatoms. The number of halogens is 2. The van der Waals surface area contributed by atoms with Gasteiger partial charge in [0.15, 0.2) is 0 Å². The molecule has 0 radical (unpaired) electrons. The zero-order chi connectivity index (χ0) is 12.2. The molecule has 2 unspecified atom stereocenters. The van der Waals surface area contributed by atoms with Crippen molar-refractivity contribution in [2.24, 2.45) is 11.8 Å². The summed E-state index contributed by atoms with van der Waals surface area (Å²) >= 11 is 0. The van der Waals surface area contributed by atoms with Crippen molar-refractivity contribution < 1.29 is 13.9 Å². The van der Waals surface area contributed by atoms with E-state index in [9.17, 15) is 8.78 Å². The average Bonchev–Trinajstić information content (AvgIpc) is 2.70. The summed E-state index contributed by atoms with van der Waals surface area (Å²) in [6.07, 6.45) is 0. The van der Waals surface area contributed by atoms with Crippen molar-refractivity contribution in [2.45, 2.75) is 19.5 Å². The Labute approximate surface area is 98.1 Å². The van der Waals surface area contributed by atoms with Crippen molar-refractivity contribution >= 4 is 5.82 Å². The number of aliphatic hydroxyl groups is 1.